The molecular formula is C22H26N4O3. The average Bonchev–Trinajstić information content (AvgIpc) is 3.06. The Morgan fingerprint density at radius 1 is 1.14 bits per heavy atom. The molecule has 1 aromatic carbocycles. The maximum absolute atomic E-state index is 13.1. The monoisotopic (exact) mass is 394 g/mol. The number of nitrogens with zero attached hydrogens (tertiary/aromatic N) is 4. The van der Waals surface area contributed by atoms with E-state index in [1.165, 1.54) is 0 Å². The lowest BCUT2D eigenvalue weighted by Crippen LogP contribution is -2.53. The fraction of sp³-hybridized carbons (Fsp3) is 0.500. The topological polar surface area (TPSA) is 67.7 Å². The van der Waals surface area contributed by atoms with Crippen LogP contribution in [0.25, 0.3) is 11.1 Å². The van der Waals surface area contributed by atoms with E-state index < -0.39 is 0 Å². The van der Waals surface area contributed by atoms with E-state index in [2.05, 4.69) is 5.10 Å². The van der Waals surface area contributed by atoms with Crippen LogP contribution in [0.3, 0.4) is 0 Å². The molecule has 2 aliphatic heterocycles. The first-order valence-electron chi connectivity index (χ1n) is 10.4. The molecule has 2 fully saturated rings. The van der Waals surface area contributed by atoms with Crippen LogP contribution in [0.2, 0.25) is 0 Å². The highest BCUT2D eigenvalue weighted by Crippen LogP contribution is 2.41. The molecule has 5 rings (SSSR count). The van der Waals surface area contributed by atoms with Gasteiger partial charge in [0.2, 0.25) is 11.8 Å². The molecule has 2 aromatic rings. The predicted molar refractivity (Wildman–Crippen MR) is 110 cm³/mol. The van der Waals surface area contributed by atoms with Crippen LogP contribution in [0, 0.1) is 5.92 Å². The highest BCUT2D eigenvalue weighted by Gasteiger charge is 2.37. The van der Waals surface area contributed by atoms with E-state index in [0.29, 0.717) is 25.8 Å². The van der Waals surface area contributed by atoms with Gasteiger partial charge < -0.3 is 14.5 Å². The number of fused-ring (bicyclic) bond motifs is 1. The second-order valence-corrected chi connectivity index (χ2v) is 8.42. The minimum absolute atomic E-state index is 0.0000427. The second-order valence-electron chi connectivity index (χ2n) is 8.42. The van der Waals surface area contributed by atoms with Crippen LogP contribution >= 0.6 is 0 Å². The molecule has 7 nitrogen and oxygen atoms in total. The number of hydrogen-bond donors (Lipinski definition) is 0. The van der Waals surface area contributed by atoms with Gasteiger partial charge in [0.25, 0.3) is 0 Å². The Bertz CT molecular complexity index is 961. The van der Waals surface area contributed by atoms with E-state index in [4.69, 9.17) is 4.74 Å². The molecule has 1 aromatic heterocycles. The van der Waals surface area contributed by atoms with Crippen molar-refractivity contribution in [1.29, 1.82) is 0 Å². The van der Waals surface area contributed by atoms with Crippen LogP contribution in [0.1, 0.15) is 39.2 Å². The summed E-state index contributed by atoms with van der Waals surface area (Å²) in [5, 5.41) is 4.48. The fourth-order valence-electron chi connectivity index (χ4n) is 4.43. The summed E-state index contributed by atoms with van der Waals surface area (Å²) in [6.45, 7) is 5.51. The molecule has 1 aliphatic carbocycles. The molecule has 0 N–H and O–H groups in total. The standard InChI is InChI=1S/C22H26N4O3/c1-14-10-24(22(28)16-4-3-5-16)21-8-17(6-7-20(21)26(14)15(2)27)18-9-23-25(11-18)19-12-29-13-19/h6-9,11,14,16,19H,3-5,10,12-13H2,1-2H3. The molecule has 3 aliphatic rings. The third-order valence-corrected chi connectivity index (χ3v) is 6.40. The van der Waals surface area contributed by atoms with Gasteiger partial charge in [0, 0.05) is 31.1 Å². The van der Waals surface area contributed by atoms with Crippen LogP contribution in [0.15, 0.2) is 30.6 Å². The van der Waals surface area contributed by atoms with Crippen molar-refractivity contribution in [1.82, 2.24) is 9.78 Å². The SMILES string of the molecule is CC(=O)N1c2ccc(-c3cnn(C4COC4)c3)cc2N(C(=O)C2CCC2)CC1C. The van der Waals surface area contributed by atoms with Crippen molar-refractivity contribution in [3.05, 3.63) is 30.6 Å². The molecule has 3 heterocycles. The summed E-state index contributed by atoms with van der Waals surface area (Å²) in [5.74, 6) is 0.302. The van der Waals surface area contributed by atoms with Crippen LogP contribution in [0.5, 0.6) is 0 Å². The van der Waals surface area contributed by atoms with Gasteiger partial charge in [-0.15, -0.1) is 0 Å². The van der Waals surface area contributed by atoms with E-state index in [1.54, 1.807) is 11.8 Å². The van der Waals surface area contributed by atoms with Gasteiger partial charge in [0.05, 0.1) is 42.9 Å². The summed E-state index contributed by atoms with van der Waals surface area (Å²) in [7, 11) is 0. The van der Waals surface area contributed by atoms with Gasteiger partial charge in [-0.05, 0) is 37.5 Å². The lowest BCUT2D eigenvalue weighted by molar-refractivity contribution is -0.125. The maximum atomic E-state index is 13.1. The van der Waals surface area contributed by atoms with Crippen molar-refractivity contribution in [2.45, 2.75) is 45.2 Å². The lowest BCUT2D eigenvalue weighted by Gasteiger charge is -2.43. The van der Waals surface area contributed by atoms with Gasteiger partial charge >= 0.3 is 0 Å². The predicted octanol–water partition coefficient (Wildman–Crippen LogP) is 3.01. The smallest absolute Gasteiger partial charge is 0.230 e. The van der Waals surface area contributed by atoms with Gasteiger partial charge in [-0.25, -0.2) is 0 Å². The quantitative estimate of drug-likeness (QED) is 0.803. The average molecular weight is 394 g/mol. The van der Waals surface area contributed by atoms with Gasteiger partial charge in [0.15, 0.2) is 0 Å². The number of rotatable bonds is 3. The number of aromatic nitrogens is 2. The van der Waals surface area contributed by atoms with Crippen molar-refractivity contribution < 1.29 is 14.3 Å². The summed E-state index contributed by atoms with van der Waals surface area (Å²) < 4.78 is 7.20. The molecule has 1 unspecified atom stereocenters. The van der Waals surface area contributed by atoms with Gasteiger partial charge in [-0.3, -0.25) is 14.3 Å². The number of hydrogen-bond acceptors (Lipinski definition) is 4. The molecule has 1 atom stereocenters. The summed E-state index contributed by atoms with van der Waals surface area (Å²) in [4.78, 5) is 29.2. The van der Waals surface area contributed by atoms with Gasteiger partial charge in [-0.2, -0.15) is 5.10 Å². The molecule has 1 saturated heterocycles. The molecule has 152 valence electrons. The van der Waals surface area contributed by atoms with Crippen LogP contribution in [-0.4, -0.2) is 47.4 Å². The summed E-state index contributed by atoms with van der Waals surface area (Å²) in [6.07, 6.45) is 6.93. The van der Waals surface area contributed by atoms with Crippen molar-refractivity contribution in [2.24, 2.45) is 5.92 Å². The van der Waals surface area contributed by atoms with Crippen molar-refractivity contribution >= 4 is 23.2 Å². The Balaban J connectivity index is 1.54. The third-order valence-electron chi connectivity index (χ3n) is 6.40. The Morgan fingerprint density at radius 2 is 1.93 bits per heavy atom. The van der Waals surface area contributed by atoms with E-state index >= 15 is 0 Å². The molecule has 7 heteroatoms. The second kappa shape index (κ2) is 6.99. The number of amides is 2. The third kappa shape index (κ3) is 3.04. The maximum Gasteiger partial charge on any atom is 0.230 e. The van der Waals surface area contributed by atoms with E-state index in [9.17, 15) is 9.59 Å². The Labute approximate surface area is 170 Å². The normalized spacial score (nSPS) is 22.1. The highest BCUT2D eigenvalue weighted by atomic mass is 16.5. The van der Waals surface area contributed by atoms with Crippen LogP contribution in [0.4, 0.5) is 11.4 Å². The summed E-state index contributed by atoms with van der Waals surface area (Å²) in [5.41, 5.74) is 3.64. The number of carbonyl (C=O) groups excluding carboxylic acids is 2. The molecule has 2 amide bonds. The summed E-state index contributed by atoms with van der Waals surface area (Å²) in [6, 6.07) is 6.26. The van der Waals surface area contributed by atoms with Crippen LogP contribution < -0.4 is 9.80 Å². The van der Waals surface area contributed by atoms with Crippen molar-refractivity contribution in [3.8, 4) is 11.1 Å². The first-order valence-corrected chi connectivity index (χ1v) is 10.4. The lowest BCUT2D eigenvalue weighted by atomic mass is 9.84. The number of anilines is 2. The number of carbonyl (C=O) groups is 2. The van der Waals surface area contributed by atoms with Crippen LogP contribution in [-0.2, 0) is 14.3 Å². The van der Waals surface area contributed by atoms with Gasteiger partial charge in [-0.1, -0.05) is 12.5 Å². The van der Waals surface area contributed by atoms with Gasteiger partial charge in [0.1, 0.15) is 0 Å². The van der Waals surface area contributed by atoms with E-state index in [-0.39, 0.29) is 23.8 Å². The number of ether oxygens (including phenoxy) is 1. The van der Waals surface area contributed by atoms with Crippen molar-refractivity contribution in [2.75, 3.05) is 29.6 Å². The Hall–Kier alpha value is -2.67. The highest BCUT2D eigenvalue weighted by molar-refractivity contribution is 6.05. The molecule has 0 spiro atoms. The molecular weight excluding hydrogens is 368 g/mol. The largest absolute Gasteiger partial charge is 0.377 e. The van der Waals surface area contributed by atoms with E-state index in [0.717, 1.165) is 41.8 Å². The zero-order chi connectivity index (χ0) is 20.1. The fourth-order valence-corrected chi connectivity index (χ4v) is 4.43. The minimum atomic E-state index is -0.0451. The number of benzene rings is 1. The molecule has 29 heavy (non-hydrogen) atoms. The first-order chi connectivity index (χ1) is 14.0. The molecule has 0 bridgehead atoms. The Kier molecular flexibility index (Phi) is 4.42. The molecule has 1 saturated carbocycles. The van der Waals surface area contributed by atoms with E-state index in [1.807, 2.05) is 47.1 Å². The minimum Gasteiger partial charge on any atom is -0.377 e. The van der Waals surface area contributed by atoms with Crippen molar-refractivity contribution in [3.63, 3.8) is 0 Å². The molecule has 0 radical (unpaired) electrons. The Morgan fingerprint density at radius 3 is 2.55 bits per heavy atom. The zero-order valence-corrected chi connectivity index (χ0v) is 16.9. The zero-order valence-electron chi connectivity index (χ0n) is 16.9. The summed E-state index contributed by atoms with van der Waals surface area (Å²) >= 11 is 0. The first kappa shape index (κ1) is 18.4.